The molecule has 1 N–H and O–H groups in total. The van der Waals surface area contributed by atoms with Crippen LogP contribution in [0.3, 0.4) is 0 Å². The predicted octanol–water partition coefficient (Wildman–Crippen LogP) is 2.76. The second-order valence-electron chi connectivity index (χ2n) is 11.4. The molecule has 37 heavy (non-hydrogen) atoms. The number of carbonyl (C=O) groups excluding carboxylic acids is 3. The summed E-state index contributed by atoms with van der Waals surface area (Å²) < 4.78 is 6.98. The van der Waals surface area contributed by atoms with Crippen LogP contribution in [-0.2, 0) is 19.1 Å². The smallest absolute Gasteiger partial charge is 0.249 e. The Morgan fingerprint density at radius 1 is 0.919 bits per heavy atom. The van der Waals surface area contributed by atoms with Crippen LogP contribution in [-0.4, -0.2) is 93.6 Å². The first-order valence-electron chi connectivity index (χ1n) is 14.3. The number of ether oxygens (including phenoxy) is 1. The van der Waals surface area contributed by atoms with Gasteiger partial charge in [0.25, 0.3) is 0 Å². The van der Waals surface area contributed by atoms with E-state index in [1.807, 2.05) is 61.8 Å². The molecular formula is C29H45N3O5. The molecule has 8 nitrogen and oxygen atoms in total. The summed E-state index contributed by atoms with van der Waals surface area (Å²) in [6.45, 7) is 11.9. The molecule has 0 aromatic carbocycles. The summed E-state index contributed by atoms with van der Waals surface area (Å²) in [5.74, 6) is -2.11. The fourth-order valence-electron chi connectivity index (χ4n) is 7.00. The van der Waals surface area contributed by atoms with E-state index in [1.54, 1.807) is 4.90 Å². The van der Waals surface area contributed by atoms with Crippen LogP contribution >= 0.6 is 0 Å². The third-order valence-electron chi connectivity index (χ3n) is 8.88. The minimum atomic E-state index is -1.26. The fourth-order valence-corrected chi connectivity index (χ4v) is 7.00. The van der Waals surface area contributed by atoms with Gasteiger partial charge in [0.1, 0.15) is 11.6 Å². The standard InChI is InChI=1S/C29H45N3O5/c1-6-9-10-16-31-18-12-14-29-23(26(35)32(24(29)27(31)36)21(19-33)20(4)5)22-25(34)30(15-7-2)17-11-13-28(22,8-3)37-29/h11-14,20-24,33H,6-10,15-19H2,1-5H3/t21-,22-,23-,24?,28+,29-/m0/s1. The Kier molecular flexibility index (Phi) is 8.19. The zero-order chi connectivity index (χ0) is 27.0. The Balaban J connectivity index is 1.87. The van der Waals surface area contributed by atoms with E-state index in [1.165, 1.54) is 0 Å². The number of unbranched alkanes of at least 4 members (excludes halogenated alkanes) is 2. The highest BCUT2D eigenvalue weighted by Crippen LogP contribution is 2.59. The van der Waals surface area contributed by atoms with Gasteiger partial charge in [0.2, 0.25) is 17.7 Å². The lowest BCUT2D eigenvalue weighted by Gasteiger charge is -2.41. The lowest BCUT2D eigenvalue weighted by atomic mass is 9.73. The van der Waals surface area contributed by atoms with E-state index < -0.39 is 35.1 Å². The normalized spacial score (nSPS) is 34.1. The fraction of sp³-hybridized carbons (Fsp3) is 0.759. The summed E-state index contributed by atoms with van der Waals surface area (Å²) in [5, 5.41) is 10.4. The number of nitrogens with zero attached hydrogens (tertiary/aromatic N) is 3. The van der Waals surface area contributed by atoms with Crippen molar-refractivity contribution in [2.75, 3.05) is 32.8 Å². The van der Waals surface area contributed by atoms with Crippen molar-refractivity contribution in [2.24, 2.45) is 17.8 Å². The second kappa shape index (κ2) is 10.9. The van der Waals surface area contributed by atoms with Crippen molar-refractivity contribution in [3.8, 4) is 0 Å². The molecule has 4 rings (SSSR count). The number of fused-ring (bicyclic) bond motifs is 2. The molecule has 0 saturated carbocycles. The first-order valence-corrected chi connectivity index (χ1v) is 14.3. The predicted molar refractivity (Wildman–Crippen MR) is 141 cm³/mol. The Bertz CT molecular complexity index is 948. The average Bonchev–Trinajstić information content (AvgIpc) is 3.17. The number of aliphatic hydroxyl groups is 1. The molecular weight excluding hydrogens is 470 g/mol. The summed E-state index contributed by atoms with van der Waals surface area (Å²) in [4.78, 5) is 48.1. The Morgan fingerprint density at radius 2 is 1.59 bits per heavy atom. The number of amides is 3. The largest absolute Gasteiger partial charge is 0.394 e. The summed E-state index contributed by atoms with van der Waals surface area (Å²) in [6, 6.07) is -1.46. The number of hydrogen-bond acceptors (Lipinski definition) is 5. The highest BCUT2D eigenvalue weighted by atomic mass is 16.5. The molecule has 0 aromatic heterocycles. The minimum Gasteiger partial charge on any atom is -0.394 e. The van der Waals surface area contributed by atoms with Crippen molar-refractivity contribution in [1.29, 1.82) is 0 Å². The third-order valence-corrected chi connectivity index (χ3v) is 8.88. The first-order chi connectivity index (χ1) is 17.7. The van der Waals surface area contributed by atoms with Gasteiger partial charge in [0, 0.05) is 26.2 Å². The molecule has 1 spiro atoms. The Morgan fingerprint density at radius 3 is 2.19 bits per heavy atom. The van der Waals surface area contributed by atoms with Gasteiger partial charge in [-0.2, -0.15) is 0 Å². The number of carbonyl (C=O) groups is 3. The van der Waals surface area contributed by atoms with Crippen LogP contribution in [0.1, 0.15) is 66.7 Å². The number of hydrogen-bond donors (Lipinski definition) is 1. The van der Waals surface area contributed by atoms with Gasteiger partial charge in [0.05, 0.1) is 30.1 Å². The maximum absolute atomic E-state index is 14.4. The van der Waals surface area contributed by atoms with E-state index in [4.69, 9.17) is 4.74 Å². The van der Waals surface area contributed by atoms with Crippen molar-refractivity contribution < 1.29 is 24.2 Å². The van der Waals surface area contributed by atoms with E-state index in [9.17, 15) is 19.5 Å². The molecule has 6 atom stereocenters. The maximum atomic E-state index is 14.4. The van der Waals surface area contributed by atoms with Crippen LogP contribution in [0.15, 0.2) is 24.3 Å². The third kappa shape index (κ3) is 4.34. The first kappa shape index (κ1) is 27.8. The highest BCUT2D eigenvalue weighted by Gasteiger charge is 2.75. The van der Waals surface area contributed by atoms with Crippen LogP contribution in [0.4, 0.5) is 0 Å². The Hall–Kier alpha value is -2.19. The van der Waals surface area contributed by atoms with Gasteiger partial charge < -0.3 is 24.5 Å². The molecule has 206 valence electrons. The molecule has 8 heteroatoms. The second-order valence-corrected chi connectivity index (χ2v) is 11.4. The van der Waals surface area contributed by atoms with Crippen LogP contribution in [0.25, 0.3) is 0 Å². The lowest BCUT2D eigenvalue weighted by molar-refractivity contribution is -0.158. The quantitative estimate of drug-likeness (QED) is 0.357. The van der Waals surface area contributed by atoms with Crippen LogP contribution in [0, 0.1) is 17.8 Å². The van der Waals surface area contributed by atoms with E-state index >= 15 is 0 Å². The summed E-state index contributed by atoms with van der Waals surface area (Å²) in [5.41, 5.74) is -2.22. The molecule has 2 fully saturated rings. The molecule has 4 aliphatic heterocycles. The van der Waals surface area contributed by atoms with Gasteiger partial charge in [-0.15, -0.1) is 0 Å². The van der Waals surface area contributed by atoms with Gasteiger partial charge in [-0.05, 0) is 25.2 Å². The highest BCUT2D eigenvalue weighted by molar-refractivity contribution is 6.00. The number of rotatable bonds is 10. The number of likely N-dealkylation sites (tertiary alicyclic amines) is 1. The number of aliphatic hydroxyl groups excluding tert-OH is 1. The van der Waals surface area contributed by atoms with Gasteiger partial charge in [-0.25, -0.2) is 0 Å². The SMILES string of the molecule is CCCCCN1CC=C[C@]23O[C@]4(CC)C=CCN(CCC)C(=O)[C@@H]4[C@H]2C(=O)N([C@@H](CO)C(C)C)C3C1=O. The molecule has 0 radical (unpaired) electrons. The molecule has 4 heterocycles. The van der Waals surface area contributed by atoms with Gasteiger partial charge in [0.15, 0.2) is 0 Å². The molecule has 3 amide bonds. The van der Waals surface area contributed by atoms with Crippen LogP contribution in [0.2, 0.25) is 0 Å². The van der Waals surface area contributed by atoms with Crippen molar-refractivity contribution >= 4 is 17.7 Å². The van der Waals surface area contributed by atoms with Gasteiger partial charge in [-0.1, -0.05) is 71.8 Å². The monoisotopic (exact) mass is 515 g/mol. The van der Waals surface area contributed by atoms with Crippen LogP contribution in [0.5, 0.6) is 0 Å². The van der Waals surface area contributed by atoms with Gasteiger partial charge >= 0.3 is 0 Å². The molecule has 0 aliphatic carbocycles. The van der Waals surface area contributed by atoms with E-state index in [2.05, 4.69) is 6.92 Å². The molecule has 0 aromatic rings. The Labute approximate surface area is 221 Å². The van der Waals surface area contributed by atoms with E-state index in [0.29, 0.717) is 32.6 Å². The summed E-state index contributed by atoms with van der Waals surface area (Å²) in [7, 11) is 0. The van der Waals surface area contributed by atoms with Crippen molar-refractivity contribution in [2.45, 2.75) is 90.0 Å². The van der Waals surface area contributed by atoms with Crippen LogP contribution < -0.4 is 0 Å². The zero-order valence-corrected chi connectivity index (χ0v) is 23.2. The van der Waals surface area contributed by atoms with E-state index in [0.717, 1.165) is 25.7 Å². The summed E-state index contributed by atoms with van der Waals surface area (Å²) in [6.07, 6.45) is 12.1. The maximum Gasteiger partial charge on any atom is 0.249 e. The average molecular weight is 516 g/mol. The zero-order valence-electron chi connectivity index (χ0n) is 23.2. The van der Waals surface area contributed by atoms with Crippen molar-refractivity contribution in [1.82, 2.24) is 14.7 Å². The topological polar surface area (TPSA) is 90.4 Å². The van der Waals surface area contributed by atoms with Gasteiger partial charge in [-0.3, -0.25) is 14.4 Å². The molecule has 2 saturated heterocycles. The summed E-state index contributed by atoms with van der Waals surface area (Å²) >= 11 is 0. The van der Waals surface area contributed by atoms with Crippen molar-refractivity contribution in [3.63, 3.8) is 0 Å². The van der Waals surface area contributed by atoms with E-state index in [-0.39, 0.29) is 30.2 Å². The lowest BCUT2D eigenvalue weighted by Crippen LogP contribution is -2.59. The minimum absolute atomic E-state index is 0.0735. The molecule has 0 bridgehead atoms. The molecule has 1 unspecified atom stereocenters. The van der Waals surface area contributed by atoms with Crippen molar-refractivity contribution in [3.05, 3.63) is 24.3 Å². The molecule has 4 aliphatic rings.